The van der Waals surface area contributed by atoms with Crippen LogP contribution in [0.1, 0.15) is 11.1 Å². The molecule has 1 aromatic heterocycles. The topological polar surface area (TPSA) is 44.9 Å². The first-order valence-electron chi connectivity index (χ1n) is 7.26. The molecule has 0 aliphatic heterocycles. The van der Waals surface area contributed by atoms with Gasteiger partial charge in [0, 0.05) is 33.3 Å². The van der Waals surface area contributed by atoms with Gasteiger partial charge in [0.2, 0.25) is 5.91 Å². The predicted octanol–water partition coefficient (Wildman–Crippen LogP) is 5.60. The Balaban J connectivity index is 1.71. The van der Waals surface area contributed by atoms with Gasteiger partial charge in [-0.1, -0.05) is 22.0 Å². The van der Waals surface area contributed by atoms with E-state index in [0.717, 1.165) is 23.0 Å². The molecule has 0 atom stereocenters. The lowest BCUT2D eigenvalue weighted by Crippen LogP contribution is -2.07. The molecule has 3 nitrogen and oxygen atoms in total. The average Bonchev–Trinajstić information content (AvgIpc) is 3.00. The first kappa shape index (κ1) is 17.3. The number of amides is 1. The van der Waals surface area contributed by atoms with Crippen molar-refractivity contribution in [3.8, 4) is 0 Å². The minimum atomic E-state index is -4.40. The minimum absolute atomic E-state index is 0.264. The van der Waals surface area contributed by atoms with Crippen LogP contribution in [0.25, 0.3) is 17.0 Å². The molecule has 1 amide bonds. The van der Waals surface area contributed by atoms with Crippen LogP contribution in [0, 0.1) is 0 Å². The molecule has 0 radical (unpaired) electrons. The summed E-state index contributed by atoms with van der Waals surface area (Å²) in [5.74, 6) is -0.373. The summed E-state index contributed by atoms with van der Waals surface area (Å²) in [5.41, 5.74) is 1.32. The lowest BCUT2D eigenvalue weighted by atomic mass is 10.1. The van der Waals surface area contributed by atoms with Crippen molar-refractivity contribution in [1.82, 2.24) is 4.98 Å². The molecule has 128 valence electrons. The first-order chi connectivity index (χ1) is 11.8. The molecule has 3 aromatic rings. The zero-order valence-corrected chi connectivity index (χ0v) is 14.3. The van der Waals surface area contributed by atoms with Crippen LogP contribution in [0.15, 0.2) is 59.2 Å². The summed E-state index contributed by atoms with van der Waals surface area (Å²) in [4.78, 5) is 15.1. The van der Waals surface area contributed by atoms with E-state index in [-0.39, 0.29) is 10.4 Å². The van der Waals surface area contributed by atoms with Crippen LogP contribution in [-0.4, -0.2) is 10.9 Å². The Hall–Kier alpha value is -2.54. The number of halogens is 4. The number of anilines is 1. The van der Waals surface area contributed by atoms with Crippen molar-refractivity contribution < 1.29 is 18.0 Å². The molecule has 0 spiro atoms. The lowest BCUT2D eigenvalue weighted by molar-refractivity contribution is -0.137. The monoisotopic (exact) mass is 408 g/mol. The van der Waals surface area contributed by atoms with E-state index in [0.29, 0.717) is 11.3 Å². The first-order valence-corrected chi connectivity index (χ1v) is 8.05. The maximum absolute atomic E-state index is 12.6. The van der Waals surface area contributed by atoms with Crippen molar-refractivity contribution in [1.29, 1.82) is 0 Å². The maximum atomic E-state index is 12.6. The zero-order chi connectivity index (χ0) is 18.0. The van der Waals surface area contributed by atoms with Gasteiger partial charge in [-0.15, -0.1) is 0 Å². The smallest absolute Gasteiger partial charge is 0.361 e. The van der Waals surface area contributed by atoms with Crippen LogP contribution < -0.4 is 5.32 Å². The highest BCUT2D eigenvalue weighted by molar-refractivity contribution is 9.10. The number of carbonyl (C=O) groups excluding carboxylic acids is 1. The number of rotatable bonds is 3. The van der Waals surface area contributed by atoms with E-state index < -0.39 is 11.7 Å². The van der Waals surface area contributed by atoms with E-state index in [1.807, 2.05) is 18.2 Å². The largest absolute Gasteiger partial charge is 0.416 e. The number of carbonyl (C=O) groups is 1. The van der Waals surface area contributed by atoms with E-state index in [9.17, 15) is 18.0 Å². The van der Waals surface area contributed by atoms with Crippen LogP contribution in [0.4, 0.5) is 18.9 Å². The van der Waals surface area contributed by atoms with Crippen LogP contribution in [0.2, 0.25) is 0 Å². The molecule has 0 aliphatic carbocycles. The fraction of sp³-hybridized carbons (Fsp3) is 0.0556. The molecule has 2 aromatic carbocycles. The Morgan fingerprint density at radius 3 is 2.64 bits per heavy atom. The van der Waals surface area contributed by atoms with Gasteiger partial charge in [0.25, 0.3) is 0 Å². The molecule has 0 aliphatic rings. The molecule has 1 heterocycles. The molecular formula is C18H12BrF3N2O. The van der Waals surface area contributed by atoms with Crippen molar-refractivity contribution in [2.24, 2.45) is 0 Å². The van der Waals surface area contributed by atoms with E-state index in [1.54, 1.807) is 12.3 Å². The number of aromatic amines is 1. The highest BCUT2D eigenvalue weighted by Crippen LogP contribution is 2.32. The Morgan fingerprint density at radius 1 is 1.12 bits per heavy atom. The highest BCUT2D eigenvalue weighted by atomic mass is 79.9. The number of aromatic nitrogens is 1. The van der Waals surface area contributed by atoms with Gasteiger partial charge in [-0.25, -0.2) is 0 Å². The van der Waals surface area contributed by atoms with Gasteiger partial charge in [-0.2, -0.15) is 13.2 Å². The number of hydrogen-bond donors (Lipinski definition) is 2. The number of benzene rings is 2. The highest BCUT2D eigenvalue weighted by Gasteiger charge is 2.30. The summed E-state index contributed by atoms with van der Waals surface area (Å²) in [7, 11) is 0. The third kappa shape index (κ3) is 4.11. The van der Waals surface area contributed by atoms with E-state index in [1.165, 1.54) is 18.2 Å². The fourth-order valence-corrected chi connectivity index (χ4v) is 2.83. The summed E-state index contributed by atoms with van der Waals surface area (Å²) in [6.07, 6.45) is 0.125. The van der Waals surface area contributed by atoms with E-state index in [4.69, 9.17) is 0 Å². The van der Waals surface area contributed by atoms with Crippen molar-refractivity contribution in [3.05, 3.63) is 70.3 Å². The van der Waals surface area contributed by atoms with Crippen molar-refractivity contribution >= 4 is 44.5 Å². The molecule has 0 fully saturated rings. The number of fused-ring (bicyclic) bond motifs is 1. The Bertz CT molecular complexity index is 960. The summed E-state index contributed by atoms with van der Waals surface area (Å²) in [6, 6.07) is 10.6. The molecule has 0 saturated heterocycles. The molecule has 0 saturated carbocycles. The number of nitrogens with one attached hydrogen (secondary N) is 2. The van der Waals surface area contributed by atoms with E-state index >= 15 is 0 Å². The second kappa shape index (κ2) is 6.76. The predicted molar refractivity (Wildman–Crippen MR) is 95.1 cm³/mol. The molecule has 7 heteroatoms. The van der Waals surface area contributed by atoms with Crippen LogP contribution in [-0.2, 0) is 11.0 Å². The van der Waals surface area contributed by atoms with Crippen LogP contribution in [0.5, 0.6) is 0 Å². The molecule has 2 N–H and O–H groups in total. The van der Waals surface area contributed by atoms with Gasteiger partial charge in [0.15, 0.2) is 0 Å². The normalized spacial score (nSPS) is 12.0. The SMILES string of the molecule is O=C(/C=C/c1ccc(C(F)(F)F)cc1Br)Nc1ccc2[nH]ccc2c1. The fourth-order valence-electron chi connectivity index (χ4n) is 2.32. The van der Waals surface area contributed by atoms with Crippen LogP contribution in [0.3, 0.4) is 0 Å². The van der Waals surface area contributed by atoms with Gasteiger partial charge in [0.05, 0.1) is 5.56 Å². The molecule has 0 unspecified atom stereocenters. The van der Waals surface area contributed by atoms with Gasteiger partial charge in [0.1, 0.15) is 0 Å². The average molecular weight is 409 g/mol. The quantitative estimate of drug-likeness (QED) is 0.544. The number of hydrogen-bond acceptors (Lipinski definition) is 1. The molecule has 25 heavy (non-hydrogen) atoms. The van der Waals surface area contributed by atoms with Crippen LogP contribution >= 0.6 is 15.9 Å². The third-order valence-electron chi connectivity index (χ3n) is 3.56. The zero-order valence-electron chi connectivity index (χ0n) is 12.7. The number of alkyl halides is 3. The second-order valence-corrected chi connectivity index (χ2v) is 6.19. The van der Waals surface area contributed by atoms with Crippen molar-refractivity contribution in [2.45, 2.75) is 6.18 Å². The second-order valence-electron chi connectivity index (χ2n) is 5.34. The summed E-state index contributed by atoms with van der Waals surface area (Å²) < 4.78 is 38.2. The van der Waals surface area contributed by atoms with Gasteiger partial charge >= 0.3 is 6.18 Å². The maximum Gasteiger partial charge on any atom is 0.416 e. The Kier molecular flexibility index (Phi) is 4.67. The van der Waals surface area contributed by atoms with Gasteiger partial charge in [-0.05, 0) is 48.0 Å². The molecule has 3 rings (SSSR count). The van der Waals surface area contributed by atoms with Crippen molar-refractivity contribution in [2.75, 3.05) is 5.32 Å². The lowest BCUT2D eigenvalue weighted by Gasteiger charge is -2.08. The van der Waals surface area contributed by atoms with Crippen molar-refractivity contribution in [3.63, 3.8) is 0 Å². The summed E-state index contributed by atoms with van der Waals surface area (Å²) >= 11 is 3.09. The van der Waals surface area contributed by atoms with Gasteiger partial charge < -0.3 is 10.3 Å². The summed E-state index contributed by atoms with van der Waals surface area (Å²) in [6.45, 7) is 0. The standard InChI is InChI=1S/C18H12BrF3N2O/c19-15-10-13(18(20,21)22)3-1-11(15)2-6-17(25)24-14-4-5-16-12(9-14)7-8-23-16/h1-10,23H,(H,24,25)/b6-2+. The third-order valence-corrected chi connectivity index (χ3v) is 4.25. The molecular weight excluding hydrogens is 397 g/mol. The Morgan fingerprint density at radius 2 is 1.92 bits per heavy atom. The number of H-pyrrole nitrogens is 1. The Labute approximate surface area is 149 Å². The minimum Gasteiger partial charge on any atom is -0.361 e. The van der Waals surface area contributed by atoms with E-state index in [2.05, 4.69) is 26.2 Å². The summed E-state index contributed by atoms with van der Waals surface area (Å²) in [5, 5.41) is 3.68. The van der Waals surface area contributed by atoms with Gasteiger partial charge in [-0.3, -0.25) is 4.79 Å². The molecule has 0 bridgehead atoms.